The molecule has 0 radical (unpaired) electrons. The number of anilines is 1. The Hall–Kier alpha value is -2.65. The van der Waals surface area contributed by atoms with Crippen LogP contribution in [0.2, 0.25) is 0 Å². The number of amides is 1. The highest BCUT2D eigenvalue weighted by Crippen LogP contribution is 2.43. The molecule has 2 heterocycles. The van der Waals surface area contributed by atoms with Gasteiger partial charge in [0.25, 0.3) is 0 Å². The van der Waals surface area contributed by atoms with Gasteiger partial charge in [0.15, 0.2) is 5.75 Å². The highest BCUT2D eigenvalue weighted by molar-refractivity contribution is 6.00. The van der Waals surface area contributed by atoms with E-state index in [1.165, 1.54) is 13.8 Å². The molecule has 3 rings (SSSR count). The standard InChI is InChI=1S/C15H11F5N2O3/c1-7-10(8(2)25-21-7)6-22-11-5-9(14(16,17)18)3-4-12(11)24-15(19,20)13(22)23/h3-5H,6H2,1-2H3. The van der Waals surface area contributed by atoms with Crippen LogP contribution in [0.5, 0.6) is 5.75 Å². The first-order valence-electron chi connectivity index (χ1n) is 7.02. The Morgan fingerprint density at radius 1 is 1.24 bits per heavy atom. The average molecular weight is 362 g/mol. The normalized spacial score (nSPS) is 16.6. The molecule has 134 valence electrons. The number of rotatable bonds is 2. The Balaban J connectivity index is 2.12. The van der Waals surface area contributed by atoms with Gasteiger partial charge in [-0.1, -0.05) is 5.16 Å². The number of fused-ring (bicyclic) bond motifs is 1. The lowest BCUT2D eigenvalue weighted by molar-refractivity contribution is -0.193. The molecule has 0 aliphatic carbocycles. The quantitative estimate of drug-likeness (QED) is 0.762. The number of benzene rings is 1. The van der Waals surface area contributed by atoms with E-state index < -0.39 is 41.7 Å². The van der Waals surface area contributed by atoms with Crippen molar-refractivity contribution < 1.29 is 36.0 Å². The molecule has 1 aliphatic heterocycles. The Bertz CT molecular complexity index is 825. The topological polar surface area (TPSA) is 55.6 Å². The number of aromatic nitrogens is 1. The van der Waals surface area contributed by atoms with Gasteiger partial charge in [-0.25, -0.2) is 0 Å². The summed E-state index contributed by atoms with van der Waals surface area (Å²) in [5, 5.41) is 3.64. The maximum atomic E-state index is 13.8. The smallest absolute Gasteiger partial charge is 0.423 e. The molecule has 0 unspecified atom stereocenters. The number of ether oxygens (including phenoxy) is 1. The van der Waals surface area contributed by atoms with Gasteiger partial charge in [0.05, 0.1) is 23.5 Å². The van der Waals surface area contributed by atoms with E-state index in [4.69, 9.17) is 4.52 Å². The van der Waals surface area contributed by atoms with Crippen molar-refractivity contribution >= 4 is 11.6 Å². The van der Waals surface area contributed by atoms with Crippen LogP contribution < -0.4 is 9.64 Å². The molecule has 10 heteroatoms. The highest BCUT2D eigenvalue weighted by Gasteiger charge is 2.51. The van der Waals surface area contributed by atoms with Gasteiger partial charge in [0.1, 0.15) is 5.76 Å². The second kappa shape index (κ2) is 5.43. The molecule has 1 amide bonds. The van der Waals surface area contributed by atoms with Gasteiger partial charge >= 0.3 is 18.2 Å². The van der Waals surface area contributed by atoms with Crippen LogP contribution in [-0.4, -0.2) is 17.2 Å². The van der Waals surface area contributed by atoms with Crippen LogP contribution in [0.4, 0.5) is 27.6 Å². The Morgan fingerprint density at radius 3 is 2.48 bits per heavy atom. The summed E-state index contributed by atoms with van der Waals surface area (Å²) in [6.45, 7) is 2.61. The van der Waals surface area contributed by atoms with Crippen molar-refractivity contribution in [2.75, 3.05) is 4.90 Å². The summed E-state index contributed by atoms with van der Waals surface area (Å²) in [6.07, 6.45) is -8.89. The van der Waals surface area contributed by atoms with Crippen LogP contribution in [0.1, 0.15) is 22.6 Å². The third-order valence-corrected chi connectivity index (χ3v) is 3.81. The molecule has 0 atom stereocenters. The van der Waals surface area contributed by atoms with Gasteiger partial charge in [0.2, 0.25) is 0 Å². The second-order valence-electron chi connectivity index (χ2n) is 5.49. The number of halogens is 5. The molecule has 0 saturated heterocycles. The van der Waals surface area contributed by atoms with E-state index in [0.717, 1.165) is 6.07 Å². The van der Waals surface area contributed by atoms with E-state index >= 15 is 0 Å². The third kappa shape index (κ3) is 2.92. The minimum Gasteiger partial charge on any atom is -0.423 e. The minimum absolute atomic E-state index is 0.272. The third-order valence-electron chi connectivity index (χ3n) is 3.81. The van der Waals surface area contributed by atoms with Crippen molar-refractivity contribution in [1.29, 1.82) is 0 Å². The number of hydrogen-bond donors (Lipinski definition) is 0. The van der Waals surface area contributed by atoms with Crippen LogP contribution in [0.3, 0.4) is 0 Å². The number of carbonyl (C=O) groups is 1. The second-order valence-corrected chi connectivity index (χ2v) is 5.49. The molecule has 1 aliphatic rings. The summed E-state index contributed by atoms with van der Waals surface area (Å²) in [5.41, 5.74) is -0.814. The van der Waals surface area contributed by atoms with E-state index in [2.05, 4.69) is 9.89 Å². The van der Waals surface area contributed by atoms with Gasteiger partial charge in [-0.3, -0.25) is 9.69 Å². The summed E-state index contributed by atoms with van der Waals surface area (Å²) in [6, 6.07) is 1.97. The molecule has 0 spiro atoms. The Morgan fingerprint density at radius 2 is 1.92 bits per heavy atom. The monoisotopic (exact) mass is 362 g/mol. The minimum atomic E-state index is -4.70. The first-order valence-corrected chi connectivity index (χ1v) is 7.02. The van der Waals surface area contributed by atoms with E-state index in [1.54, 1.807) is 0 Å². The molecule has 0 fully saturated rings. The molecule has 1 aromatic heterocycles. The number of carbonyl (C=O) groups excluding carboxylic acids is 1. The zero-order valence-corrected chi connectivity index (χ0v) is 12.9. The van der Waals surface area contributed by atoms with Crippen molar-refractivity contribution in [2.45, 2.75) is 32.7 Å². The number of alkyl halides is 5. The van der Waals surface area contributed by atoms with Gasteiger partial charge in [0, 0.05) is 5.56 Å². The fourth-order valence-electron chi connectivity index (χ4n) is 2.48. The Kier molecular flexibility index (Phi) is 3.73. The highest BCUT2D eigenvalue weighted by atomic mass is 19.4. The van der Waals surface area contributed by atoms with Gasteiger partial charge < -0.3 is 9.26 Å². The van der Waals surface area contributed by atoms with Crippen LogP contribution in [0.15, 0.2) is 22.7 Å². The van der Waals surface area contributed by atoms with E-state index in [1.807, 2.05) is 0 Å². The molecular formula is C15H11F5N2O3. The fraction of sp³-hybridized carbons (Fsp3) is 0.333. The lowest BCUT2D eigenvalue weighted by atomic mass is 10.1. The summed E-state index contributed by atoms with van der Waals surface area (Å²) in [4.78, 5) is 12.6. The molecule has 2 aromatic rings. The van der Waals surface area contributed by atoms with Gasteiger partial charge in [-0.05, 0) is 32.0 Å². The first-order chi connectivity index (χ1) is 11.5. The number of hydrogen-bond acceptors (Lipinski definition) is 4. The zero-order valence-electron chi connectivity index (χ0n) is 12.9. The summed E-state index contributed by atoms with van der Waals surface area (Å²) < 4.78 is 75.6. The predicted octanol–water partition coefficient (Wildman–Crippen LogP) is 3.83. The van der Waals surface area contributed by atoms with Crippen molar-refractivity contribution in [2.24, 2.45) is 0 Å². The molecule has 25 heavy (non-hydrogen) atoms. The average Bonchev–Trinajstić information content (AvgIpc) is 2.81. The van der Waals surface area contributed by atoms with Crippen LogP contribution in [0.25, 0.3) is 0 Å². The SMILES string of the molecule is Cc1noc(C)c1CN1C(=O)C(F)(F)Oc2ccc(C(F)(F)F)cc21. The van der Waals surface area contributed by atoms with Crippen molar-refractivity contribution in [3.8, 4) is 5.75 Å². The van der Waals surface area contributed by atoms with Crippen LogP contribution in [-0.2, 0) is 17.5 Å². The summed E-state index contributed by atoms with van der Waals surface area (Å²) in [7, 11) is 0. The zero-order chi connectivity index (χ0) is 18.6. The predicted molar refractivity (Wildman–Crippen MR) is 74.2 cm³/mol. The number of aryl methyl sites for hydroxylation is 2. The molecule has 0 saturated carbocycles. The lowest BCUT2D eigenvalue weighted by Gasteiger charge is -2.33. The van der Waals surface area contributed by atoms with E-state index in [-0.39, 0.29) is 5.76 Å². The maximum absolute atomic E-state index is 13.8. The summed E-state index contributed by atoms with van der Waals surface area (Å²) in [5.74, 6) is -2.02. The van der Waals surface area contributed by atoms with Crippen molar-refractivity contribution in [3.05, 3.63) is 40.8 Å². The van der Waals surface area contributed by atoms with Gasteiger partial charge in [-0.15, -0.1) is 0 Å². The fourth-order valence-corrected chi connectivity index (χ4v) is 2.48. The molecular weight excluding hydrogens is 351 g/mol. The van der Waals surface area contributed by atoms with Crippen molar-refractivity contribution in [1.82, 2.24) is 5.16 Å². The first kappa shape index (κ1) is 17.2. The van der Waals surface area contributed by atoms with Gasteiger partial charge in [-0.2, -0.15) is 22.0 Å². The van der Waals surface area contributed by atoms with E-state index in [0.29, 0.717) is 28.3 Å². The molecule has 5 nitrogen and oxygen atoms in total. The van der Waals surface area contributed by atoms with Crippen molar-refractivity contribution in [3.63, 3.8) is 0 Å². The molecule has 0 bridgehead atoms. The lowest BCUT2D eigenvalue weighted by Crippen LogP contribution is -2.50. The Labute approximate surface area is 138 Å². The molecule has 1 aromatic carbocycles. The van der Waals surface area contributed by atoms with Crippen LogP contribution >= 0.6 is 0 Å². The van der Waals surface area contributed by atoms with E-state index in [9.17, 15) is 26.7 Å². The molecule has 0 N–H and O–H groups in total. The van der Waals surface area contributed by atoms with Crippen LogP contribution in [0, 0.1) is 13.8 Å². The number of nitrogens with zero attached hydrogens (tertiary/aromatic N) is 2. The maximum Gasteiger partial charge on any atom is 0.482 e. The summed E-state index contributed by atoms with van der Waals surface area (Å²) >= 11 is 0. The largest absolute Gasteiger partial charge is 0.482 e.